The Morgan fingerprint density at radius 2 is 1.88 bits per heavy atom. The van der Waals surface area contributed by atoms with Crippen molar-refractivity contribution in [1.29, 1.82) is 0 Å². The second kappa shape index (κ2) is 7.33. The zero-order valence-electron chi connectivity index (χ0n) is 14.7. The van der Waals surface area contributed by atoms with Gasteiger partial charge in [-0.3, -0.25) is 4.90 Å². The molecule has 2 aromatic carbocycles. The molecule has 1 aliphatic heterocycles. The first-order valence-electron chi connectivity index (χ1n) is 9.31. The van der Waals surface area contributed by atoms with E-state index < -0.39 is 11.6 Å². The maximum atomic E-state index is 13.7. The molecule has 5 heteroatoms. The topological polar surface area (TPSA) is 38.5 Å². The van der Waals surface area contributed by atoms with Crippen LogP contribution in [0, 0.1) is 11.6 Å². The Hall–Kier alpha value is -1.98. The Morgan fingerprint density at radius 1 is 1.04 bits per heavy atom. The summed E-state index contributed by atoms with van der Waals surface area (Å²) in [6, 6.07) is 12.3. The zero-order valence-corrected chi connectivity index (χ0v) is 14.7. The maximum Gasteiger partial charge on any atom is 0.162 e. The van der Waals surface area contributed by atoms with E-state index in [0.29, 0.717) is 5.75 Å². The summed E-state index contributed by atoms with van der Waals surface area (Å²) >= 11 is 0. The molecular weight excluding hydrogens is 334 g/mol. The highest BCUT2D eigenvalue weighted by Gasteiger charge is 2.36. The monoisotopic (exact) mass is 358 g/mol. The van der Waals surface area contributed by atoms with Crippen LogP contribution in [-0.4, -0.2) is 30.1 Å². The highest BCUT2D eigenvalue weighted by molar-refractivity contribution is 5.35. The van der Waals surface area contributed by atoms with E-state index in [0.717, 1.165) is 56.5 Å². The maximum absolute atomic E-state index is 13.7. The number of piperidine rings is 1. The minimum absolute atomic E-state index is 0.185. The molecule has 1 aliphatic carbocycles. The molecule has 0 aromatic heterocycles. The quantitative estimate of drug-likeness (QED) is 0.906. The first-order chi connectivity index (χ1) is 12.6. The van der Waals surface area contributed by atoms with Gasteiger partial charge in [0.05, 0.1) is 6.04 Å². The van der Waals surface area contributed by atoms with Gasteiger partial charge in [0.2, 0.25) is 0 Å². The largest absolute Gasteiger partial charge is 0.484 e. The van der Waals surface area contributed by atoms with Crippen LogP contribution in [0.1, 0.15) is 36.5 Å². The van der Waals surface area contributed by atoms with Crippen LogP contribution in [0.4, 0.5) is 8.78 Å². The van der Waals surface area contributed by atoms with Gasteiger partial charge in [-0.05, 0) is 55.5 Å². The third kappa shape index (κ3) is 3.46. The van der Waals surface area contributed by atoms with Crippen LogP contribution in [0.25, 0.3) is 0 Å². The van der Waals surface area contributed by atoms with E-state index in [1.165, 1.54) is 11.6 Å². The SMILES string of the molecule is N[C@@H]1CCCN(C2CCc3ccccc3C2Oc2ccc(F)c(F)c2)C1. The molecule has 3 nitrogen and oxygen atoms in total. The number of rotatable bonds is 3. The van der Waals surface area contributed by atoms with Gasteiger partial charge in [0.15, 0.2) is 11.6 Å². The zero-order chi connectivity index (χ0) is 18.1. The number of hydrogen-bond acceptors (Lipinski definition) is 3. The Morgan fingerprint density at radius 3 is 2.69 bits per heavy atom. The molecule has 0 spiro atoms. The number of halogens is 2. The van der Waals surface area contributed by atoms with Crippen molar-refractivity contribution in [3.63, 3.8) is 0 Å². The Balaban J connectivity index is 1.66. The molecular formula is C21H24F2N2O. The number of benzene rings is 2. The lowest BCUT2D eigenvalue weighted by atomic mass is 9.84. The fourth-order valence-electron chi connectivity index (χ4n) is 4.26. The highest BCUT2D eigenvalue weighted by Crippen LogP contribution is 2.37. The third-order valence-corrected chi connectivity index (χ3v) is 5.53. The number of nitrogens with zero attached hydrogens (tertiary/aromatic N) is 1. The second-order valence-electron chi connectivity index (χ2n) is 7.32. The fraction of sp³-hybridized carbons (Fsp3) is 0.429. The summed E-state index contributed by atoms with van der Waals surface area (Å²) in [7, 11) is 0. The van der Waals surface area contributed by atoms with Crippen LogP contribution in [-0.2, 0) is 6.42 Å². The van der Waals surface area contributed by atoms with Gasteiger partial charge in [-0.1, -0.05) is 24.3 Å². The van der Waals surface area contributed by atoms with E-state index in [-0.39, 0.29) is 18.2 Å². The molecule has 0 amide bonds. The first kappa shape index (κ1) is 17.4. The van der Waals surface area contributed by atoms with Crippen LogP contribution in [0.3, 0.4) is 0 Å². The molecule has 2 N–H and O–H groups in total. The summed E-state index contributed by atoms with van der Waals surface area (Å²) in [5, 5.41) is 0. The Labute approximate surface area is 152 Å². The smallest absolute Gasteiger partial charge is 0.162 e. The van der Waals surface area contributed by atoms with Crippen LogP contribution in [0.5, 0.6) is 5.75 Å². The van der Waals surface area contributed by atoms with Crippen molar-refractivity contribution < 1.29 is 13.5 Å². The standard InChI is InChI=1S/C21H24F2N2O/c22-18-9-8-16(12-19(18)23)26-21-17-6-2-1-4-14(17)7-10-20(21)25-11-3-5-15(24)13-25/h1-2,4,6,8-9,12,15,20-21H,3,5,7,10-11,13,24H2/t15-,20?,21?/m1/s1. The number of fused-ring (bicyclic) bond motifs is 1. The first-order valence-corrected chi connectivity index (χ1v) is 9.31. The summed E-state index contributed by atoms with van der Waals surface area (Å²) < 4.78 is 33.2. The Bertz CT molecular complexity index is 782. The van der Waals surface area contributed by atoms with Gasteiger partial charge in [-0.15, -0.1) is 0 Å². The molecule has 138 valence electrons. The number of hydrogen-bond donors (Lipinski definition) is 1. The predicted octanol–water partition coefficient (Wildman–Crippen LogP) is 3.82. The summed E-state index contributed by atoms with van der Waals surface area (Å²) in [5.41, 5.74) is 8.58. The van der Waals surface area contributed by atoms with Crippen molar-refractivity contribution in [2.45, 2.75) is 43.9 Å². The van der Waals surface area contributed by atoms with Crippen molar-refractivity contribution in [2.24, 2.45) is 5.73 Å². The summed E-state index contributed by atoms with van der Waals surface area (Å²) in [6.45, 7) is 1.85. The van der Waals surface area contributed by atoms with Crippen molar-refractivity contribution in [3.8, 4) is 5.75 Å². The average Bonchev–Trinajstić information content (AvgIpc) is 2.65. The van der Waals surface area contributed by atoms with Crippen molar-refractivity contribution in [1.82, 2.24) is 4.90 Å². The van der Waals surface area contributed by atoms with Gasteiger partial charge >= 0.3 is 0 Å². The Kier molecular flexibility index (Phi) is 4.92. The molecule has 1 heterocycles. The van der Waals surface area contributed by atoms with Gasteiger partial charge in [-0.25, -0.2) is 8.78 Å². The van der Waals surface area contributed by atoms with Crippen LogP contribution in [0.15, 0.2) is 42.5 Å². The molecule has 26 heavy (non-hydrogen) atoms. The number of likely N-dealkylation sites (tertiary alicyclic amines) is 1. The molecule has 2 aliphatic rings. The average molecular weight is 358 g/mol. The van der Waals surface area contributed by atoms with Gasteiger partial charge in [0.1, 0.15) is 11.9 Å². The van der Waals surface area contributed by atoms with Crippen LogP contribution >= 0.6 is 0 Å². The molecule has 0 bridgehead atoms. The van der Waals surface area contributed by atoms with Crippen LogP contribution in [0.2, 0.25) is 0 Å². The van der Waals surface area contributed by atoms with Gasteiger partial charge in [-0.2, -0.15) is 0 Å². The second-order valence-corrected chi connectivity index (χ2v) is 7.32. The van der Waals surface area contributed by atoms with Gasteiger partial charge < -0.3 is 10.5 Å². The molecule has 2 aromatic rings. The summed E-state index contributed by atoms with van der Waals surface area (Å²) in [6.07, 6.45) is 3.88. The van der Waals surface area contributed by atoms with Crippen molar-refractivity contribution in [2.75, 3.05) is 13.1 Å². The number of aryl methyl sites for hydroxylation is 1. The van der Waals surface area contributed by atoms with E-state index in [1.54, 1.807) is 0 Å². The highest BCUT2D eigenvalue weighted by atomic mass is 19.2. The lowest BCUT2D eigenvalue weighted by molar-refractivity contribution is 0.0365. The molecule has 2 unspecified atom stereocenters. The van der Waals surface area contributed by atoms with Crippen LogP contribution < -0.4 is 10.5 Å². The summed E-state index contributed by atoms with van der Waals surface area (Å²) in [4.78, 5) is 2.41. The molecule has 0 radical (unpaired) electrons. The molecule has 1 saturated heterocycles. The minimum Gasteiger partial charge on any atom is -0.484 e. The summed E-state index contributed by atoms with van der Waals surface area (Å²) in [5.74, 6) is -1.39. The van der Waals surface area contributed by atoms with Crippen molar-refractivity contribution in [3.05, 3.63) is 65.2 Å². The minimum atomic E-state index is -0.886. The number of ether oxygens (including phenoxy) is 1. The third-order valence-electron chi connectivity index (χ3n) is 5.53. The molecule has 0 saturated carbocycles. The lowest BCUT2D eigenvalue weighted by Gasteiger charge is -2.43. The van der Waals surface area contributed by atoms with Crippen molar-refractivity contribution >= 4 is 0 Å². The predicted molar refractivity (Wildman–Crippen MR) is 97.1 cm³/mol. The van der Waals surface area contributed by atoms with Gasteiger partial charge in [0.25, 0.3) is 0 Å². The number of nitrogens with two attached hydrogens (primary N) is 1. The van der Waals surface area contributed by atoms with E-state index >= 15 is 0 Å². The molecule has 1 fully saturated rings. The molecule has 4 rings (SSSR count). The van der Waals surface area contributed by atoms with E-state index in [2.05, 4.69) is 17.0 Å². The molecule has 3 atom stereocenters. The van der Waals surface area contributed by atoms with E-state index in [1.807, 2.05) is 12.1 Å². The lowest BCUT2D eigenvalue weighted by Crippen LogP contribution is -2.51. The van der Waals surface area contributed by atoms with Gasteiger partial charge in [0, 0.05) is 18.7 Å². The fourth-order valence-corrected chi connectivity index (χ4v) is 4.26. The normalized spacial score (nSPS) is 26.3. The van der Waals surface area contributed by atoms with E-state index in [4.69, 9.17) is 10.5 Å². The van der Waals surface area contributed by atoms with E-state index in [9.17, 15) is 8.78 Å².